The smallest absolute Gasteiger partial charge is 0.174 e. The summed E-state index contributed by atoms with van der Waals surface area (Å²) in [6.45, 7) is 6.31. The minimum atomic E-state index is -0.140. The number of nitrogens with one attached hydrogen (secondary N) is 1. The molecule has 0 aliphatic carbocycles. The van der Waals surface area contributed by atoms with Gasteiger partial charge in [0.25, 0.3) is 0 Å². The number of hydrogen-bond donors (Lipinski definition) is 1. The van der Waals surface area contributed by atoms with Crippen molar-refractivity contribution in [2.24, 2.45) is 0 Å². The Bertz CT molecular complexity index is 1670. The molecule has 1 fully saturated rings. The van der Waals surface area contributed by atoms with Crippen LogP contribution in [0.25, 0.3) is 5.82 Å². The maximum absolute atomic E-state index is 6.08. The third-order valence-corrected chi connectivity index (χ3v) is 7.74. The number of aryl methyl sites for hydroxylation is 2. The molecule has 6 rings (SSSR count). The van der Waals surface area contributed by atoms with E-state index in [1.807, 2.05) is 86.0 Å². The maximum atomic E-state index is 6.08. The molecule has 1 aliphatic heterocycles. The average Bonchev–Trinajstić information content (AvgIpc) is 3.49. The van der Waals surface area contributed by atoms with Crippen LogP contribution < -0.4 is 19.7 Å². The molecule has 0 amide bonds. The van der Waals surface area contributed by atoms with E-state index in [2.05, 4.69) is 46.8 Å². The number of methoxy groups -OCH3 is 1. The molecule has 1 N–H and O–H groups in total. The monoisotopic (exact) mass is 561 g/mol. The molecular weight excluding hydrogens is 530 g/mol. The van der Waals surface area contributed by atoms with Crippen LogP contribution in [0.3, 0.4) is 0 Å². The van der Waals surface area contributed by atoms with E-state index >= 15 is 0 Å². The van der Waals surface area contributed by atoms with Crippen LogP contribution in [-0.2, 0) is 0 Å². The summed E-state index contributed by atoms with van der Waals surface area (Å²) in [5.74, 6) is 3.15. The largest absolute Gasteiger partial charge is 0.497 e. The topological polar surface area (TPSA) is 64.4 Å². The summed E-state index contributed by atoms with van der Waals surface area (Å²) in [5, 5.41) is 4.21. The molecule has 1 saturated heterocycles. The van der Waals surface area contributed by atoms with Crippen molar-refractivity contribution in [1.29, 1.82) is 0 Å². The summed E-state index contributed by atoms with van der Waals surface area (Å²) in [4.78, 5) is 11.6. The van der Waals surface area contributed by atoms with E-state index < -0.39 is 0 Å². The standard InChI is InChI=1S/C33H31N5O2S/c1-21-8-17-30(35-20-21)37-22(2)19-28(23(37)3)32-31(29-7-5-6-18-34-29)36-33(41)38(32)24-9-11-26(12-10-24)40-27-15-13-25(39-4)14-16-27/h5-20,31-32H,1-4H3,(H,36,41). The van der Waals surface area contributed by atoms with Gasteiger partial charge in [0.15, 0.2) is 5.11 Å². The van der Waals surface area contributed by atoms with Crippen LogP contribution in [0.1, 0.15) is 40.3 Å². The minimum absolute atomic E-state index is 0.129. The van der Waals surface area contributed by atoms with Crippen LogP contribution in [0.4, 0.5) is 5.69 Å². The molecule has 0 bridgehead atoms. The summed E-state index contributed by atoms with van der Waals surface area (Å²) in [6, 6.07) is 27.7. The number of nitrogens with zero attached hydrogens (tertiary/aromatic N) is 4. The molecule has 206 valence electrons. The predicted octanol–water partition coefficient (Wildman–Crippen LogP) is 7.17. The van der Waals surface area contributed by atoms with Gasteiger partial charge >= 0.3 is 0 Å². The summed E-state index contributed by atoms with van der Waals surface area (Å²) in [7, 11) is 1.65. The second-order valence-electron chi connectivity index (χ2n) is 10.1. The predicted molar refractivity (Wildman–Crippen MR) is 165 cm³/mol. The Kier molecular flexibility index (Phi) is 7.15. The van der Waals surface area contributed by atoms with Gasteiger partial charge in [0, 0.05) is 29.5 Å². The van der Waals surface area contributed by atoms with Crippen molar-refractivity contribution in [1.82, 2.24) is 19.9 Å². The number of benzene rings is 2. The second-order valence-corrected chi connectivity index (χ2v) is 10.5. The lowest BCUT2D eigenvalue weighted by atomic mass is 9.96. The van der Waals surface area contributed by atoms with Gasteiger partial charge < -0.3 is 24.3 Å². The SMILES string of the molecule is COc1ccc(Oc2ccc(N3C(=S)NC(c4ccccn4)C3c3cc(C)n(-c4ccc(C)cn4)c3C)cc2)cc1. The summed E-state index contributed by atoms with van der Waals surface area (Å²) < 4.78 is 13.5. The summed E-state index contributed by atoms with van der Waals surface area (Å²) >= 11 is 5.95. The van der Waals surface area contributed by atoms with E-state index in [-0.39, 0.29) is 12.1 Å². The summed E-state index contributed by atoms with van der Waals surface area (Å²) in [6.07, 6.45) is 3.73. The van der Waals surface area contributed by atoms with Gasteiger partial charge in [-0.1, -0.05) is 12.1 Å². The number of aromatic nitrogens is 3. The molecule has 2 unspecified atom stereocenters. The van der Waals surface area contributed by atoms with Crippen molar-refractivity contribution in [3.8, 4) is 23.1 Å². The van der Waals surface area contributed by atoms with Crippen LogP contribution in [0, 0.1) is 20.8 Å². The normalized spacial score (nSPS) is 16.5. The van der Waals surface area contributed by atoms with Crippen molar-refractivity contribution in [3.05, 3.63) is 126 Å². The first-order valence-electron chi connectivity index (χ1n) is 13.5. The highest BCUT2D eigenvalue weighted by Crippen LogP contribution is 2.44. The highest BCUT2D eigenvalue weighted by atomic mass is 32.1. The van der Waals surface area contributed by atoms with E-state index in [0.717, 1.165) is 57.0 Å². The molecule has 0 spiro atoms. The van der Waals surface area contributed by atoms with Crippen molar-refractivity contribution < 1.29 is 9.47 Å². The first-order valence-corrected chi connectivity index (χ1v) is 13.9. The van der Waals surface area contributed by atoms with Crippen molar-refractivity contribution in [2.45, 2.75) is 32.9 Å². The van der Waals surface area contributed by atoms with Crippen molar-refractivity contribution >= 4 is 23.0 Å². The number of pyridine rings is 2. The van der Waals surface area contributed by atoms with Gasteiger partial charge in [-0.3, -0.25) is 4.98 Å². The van der Waals surface area contributed by atoms with Crippen LogP contribution in [0.2, 0.25) is 0 Å². The molecule has 0 radical (unpaired) electrons. The lowest BCUT2D eigenvalue weighted by Crippen LogP contribution is -2.29. The van der Waals surface area contributed by atoms with Crippen LogP contribution >= 0.6 is 12.2 Å². The Balaban J connectivity index is 1.38. The van der Waals surface area contributed by atoms with Gasteiger partial charge in [-0.2, -0.15) is 0 Å². The maximum Gasteiger partial charge on any atom is 0.174 e. The first-order chi connectivity index (χ1) is 19.9. The lowest BCUT2D eigenvalue weighted by molar-refractivity contribution is 0.413. The zero-order valence-corrected chi connectivity index (χ0v) is 24.2. The van der Waals surface area contributed by atoms with Crippen LogP contribution in [0.5, 0.6) is 17.2 Å². The molecule has 2 aromatic carbocycles. The molecule has 7 nitrogen and oxygen atoms in total. The first kappa shape index (κ1) is 26.5. The zero-order chi connectivity index (χ0) is 28.5. The van der Waals surface area contributed by atoms with E-state index in [1.165, 1.54) is 0 Å². The fourth-order valence-electron chi connectivity index (χ4n) is 5.44. The van der Waals surface area contributed by atoms with Gasteiger partial charge in [0.1, 0.15) is 23.1 Å². The molecule has 1 aliphatic rings. The molecule has 5 aromatic rings. The third kappa shape index (κ3) is 5.14. The molecule has 8 heteroatoms. The number of thiocarbonyl (C=S) groups is 1. The van der Waals surface area contributed by atoms with Crippen LogP contribution in [0.15, 0.2) is 97.3 Å². The molecule has 4 heterocycles. The number of anilines is 1. The summed E-state index contributed by atoms with van der Waals surface area (Å²) in [5.41, 5.74) is 6.40. The second kappa shape index (κ2) is 11.1. The molecule has 0 saturated carbocycles. The molecular formula is C33H31N5O2S. The number of rotatable bonds is 7. The molecule has 3 aromatic heterocycles. The Morgan fingerprint density at radius 1 is 0.829 bits per heavy atom. The van der Waals surface area contributed by atoms with Gasteiger partial charge in [0.2, 0.25) is 0 Å². The zero-order valence-electron chi connectivity index (χ0n) is 23.4. The van der Waals surface area contributed by atoms with Gasteiger partial charge in [-0.25, -0.2) is 4.98 Å². The third-order valence-electron chi connectivity index (χ3n) is 7.42. The van der Waals surface area contributed by atoms with E-state index in [4.69, 9.17) is 31.7 Å². The number of hydrogen-bond acceptors (Lipinski definition) is 5. The minimum Gasteiger partial charge on any atom is -0.497 e. The Hall–Kier alpha value is -4.69. The van der Waals surface area contributed by atoms with Crippen LogP contribution in [-0.4, -0.2) is 26.8 Å². The quantitative estimate of drug-likeness (QED) is 0.211. The van der Waals surface area contributed by atoms with Gasteiger partial charge in [-0.05, 0) is 117 Å². The molecule has 41 heavy (non-hydrogen) atoms. The van der Waals surface area contributed by atoms with E-state index in [0.29, 0.717) is 5.11 Å². The Morgan fingerprint density at radius 2 is 1.54 bits per heavy atom. The fourth-order valence-corrected chi connectivity index (χ4v) is 5.78. The Labute approximate surface area is 245 Å². The molecule has 2 atom stereocenters. The fraction of sp³-hybridized carbons (Fsp3) is 0.182. The average molecular weight is 562 g/mol. The van der Waals surface area contributed by atoms with Crippen molar-refractivity contribution in [3.63, 3.8) is 0 Å². The highest BCUT2D eigenvalue weighted by molar-refractivity contribution is 7.80. The van der Waals surface area contributed by atoms with E-state index in [1.54, 1.807) is 7.11 Å². The van der Waals surface area contributed by atoms with E-state index in [9.17, 15) is 0 Å². The van der Waals surface area contributed by atoms with Crippen molar-refractivity contribution in [2.75, 3.05) is 12.0 Å². The van der Waals surface area contributed by atoms with Gasteiger partial charge in [0.05, 0.1) is 24.9 Å². The highest BCUT2D eigenvalue weighted by Gasteiger charge is 2.42. The Morgan fingerprint density at radius 3 is 2.17 bits per heavy atom. The van der Waals surface area contributed by atoms with Gasteiger partial charge in [-0.15, -0.1) is 0 Å². The number of ether oxygens (including phenoxy) is 2. The lowest BCUT2D eigenvalue weighted by Gasteiger charge is -2.28.